The molecular weight excluding hydrogens is 252 g/mol. The van der Waals surface area contributed by atoms with Gasteiger partial charge in [0.25, 0.3) is 0 Å². The van der Waals surface area contributed by atoms with Gasteiger partial charge in [-0.15, -0.1) is 0 Å². The fraction of sp³-hybridized carbons (Fsp3) is 0. The molecule has 0 aliphatic rings. The largest absolute Gasteiger partial charge is 2.00 e. The van der Waals surface area contributed by atoms with Crippen LogP contribution in [-0.4, -0.2) is 120 Å². The van der Waals surface area contributed by atoms with Crippen molar-refractivity contribution in [1.29, 1.82) is 0 Å². The summed E-state index contributed by atoms with van der Waals surface area (Å²) in [6, 6.07) is 0. The average Bonchev–Trinajstić information content (AvgIpc) is 0. The molecular formula is H6AlBaCaO3+4. The molecule has 3 radical (unpaired) electrons. The Labute approximate surface area is 117 Å². The fourth-order valence-electron chi connectivity index (χ4n) is 0. The minimum atomic E-state index is 0. The van der Waals surface area contributed by atoms with E-state index in [2.05, 4.69) is 0 Å². The predicted octanol–water partition coefficient (Wildman–Crippen LogP) is -3.62. The third kappa shape index (κ3) is 26.8. The summed E-state index contributed by atoms with van der Waals surface area (Å²) in [5, 5.41) is 0. The molecule has 0 unspecified atom stereocenters. The summed E-state index contributed by atoms with van der Waals surface area (Å²) in [5.41, 5.74) is 0. The predicted molar refractivity (Wildman–Crippen MR) is 28.1 cm³/mol. The topological polar surface area (TPSA) is 94.5 Å². The van der Waals surface area contributed by atoms with Gasteiger partial charge in [-0.25, -0.2) is 0 Å². The van der Waals surface area contributed by atoms with Crippen molar-refractivity contribution in [3.05, 3.63) is 0 Å². The summed E-state index contributed by atoms with van der Waals surface area (Å²) >= 11 is 0. The first-order chi connectivity index (χ1) is 0. The standard InChI is InChI=1S/Al.Ba.Ca.3H2O/h;;;3*1H2/q;2*+2;;;. The Kier molecular flexibility index (Phi) is 409. The molecule has 0 saturated carbocycles. The Morgan fingerprint density at radius 2 is 0.667 bits per heavy atom. The van der Waals surface area contributed by atoms with Crippen LogP contribution in [0.3, 0.4) is 0 Å². The zero-order valence-corrected chi connectivity index (χ0v) is 11.3. The maximum atomic E-state index is 0. The molecule has 0 aromatic heterocycles. The van der Waals surface area contributed by atoms with Crippen molar-refractivity contribution in [3.63, 3.8) is 0 Å². The molecule has 0 aromatic rings. The van der Waals surface area contributed by atoms with Gasteiger partial charge in [0, 0.05) is 17.4 Å². The molecule has 6 heavy (non-hydrogen) atoms. The van der Waals surface area contributed by atoms with Crippen LogP contribution in [0.4, 0.5) is 0 Å². The zero-order valence-electron chi connectivity index (χ0n) is 3.49. The molecule has 27 valence electrons. The Hall–Kier alpha value is 3.24. The first-order valence-electron chi connectivity index (χ1n) is 0. The van der Waals surface area contributed by atoms with Crippen LogP contribution in [0.5, 0.6) is 0 Å². The van der Waals surface area contributed by atoms with Crippen LogP contribution in [0.1, 0.15) is 0 Å². The van der Waals surface area contributed by atoms with Crippen LogP contribution >= 0.6 is 0 Å². The van der Waals surface area contributed by atoms with Gasteiger partial charge in [0.1, 0.15) is 0 Å². The quantitative estimate of drug-likeness (QED) is 0.401. The van der Waals surface area contributed by atoms with Crippen molar-refractivity contribution < 1.29 is 16.4 Å². The molecule has 0 aliphatic heterocycles. The van der Waals surface area contributed by atoms with Gasteiger partial charge in [-0.1, -0.05) is 0 Å². The van der Waals surface area contributed by atoms with E-state index in [-0.39, 0.29) is 120 Å². The SMILES string of the molecule is O.O.O.[Al].[Ba+2].[Ca+2]. The van der Waals surface area contributed by atoms with Crippen molar-refractivity contribution in [2.24, 2.45) is 0 Å². The number of rotatable bonds is 0. The molecule has 0 fully saturated rings. The second-order valence-corrected chi connectivity index (χ2v) is 0. The van der Waals surface area contributed by atoms with E-state index in [1.54, 1.807) is 0 Å². The molecule has 0 spiro atoms. The summed E-state index contributed by atoms with van der Waals surface area (Å²) in [7, 11) is 0. The summed E-state index contributed by atoms with van der Waals surface area (Å²) in [6.07, 6.45) is 0. The van der Waals surface area contributed by atoms with E-state index < -0.39 is 0 Å². The third-order valence-electron chi connectivity index (χ3n) is 0. The second-order valence-electron chi connectivity index (χ2n) is 0. The van der Waals surface area contributed by atoms with E-state index in [9.17, 15) is 0 Å². The Balaban J connectivity index is 0. The number of hydrogen-bond acceptors (Lipinski definition) is 0. The van der Waals surface area contributed by atoms with Crippen molar-refractivity contribution in [2.75, 3.05) is 0 Å². The molecule has 6 heteroatoms. The Morgan fingerprint density at radius 3 is 0.667 bits per heavy atom. The summed E-state index contributed by atoms with van der Waals surface area (Å²) in [6.45, 7) is 0. The van der Waals surface area contributed by atoms with Crippen LogP contribution in [0.25, 0.3) is 0 Å². The van der Waals surface area contributed by atoms with Crippen molar-refractivity contribution in [1.82, 2.24) is 0 Å². The van der Waals surface area contributed by atoms with E-state index in [1.165, 1.54) is 0 Å². The van der Waals surface area contributed by atoms with Gasteiger partial charge in [0.05, 0.1) is 0 Å². The van der Waals surface area contributed by atoms with Gasteiger partial charge in [-0.05, 0) is 0 Å². The van der Waals surface area contributed by atoms with Gasteiger partial charge in [0.2, 0.25) is 0 Å². The van der Waals surface area contributed by atoms with Crippen LogP contribution in [0.2, 0.25) is 0 Å². The van der Waals surface area contributed by atoms with Gasteiger partial charge < -0.3 is 16.4 Å². The molecule has 0 heterocycles. The van der Waals surface area contributed by atoms with Crippen molar-refractivity contribution >= 4 is 104 Å². The summed E-state index contributed by atoms with van der Waals surface area (Å²) in [5.74, 6) is 0. The van der Waals surface area contributed by atoms with Crippen LogP contribution in [-0.2, 0) is 0 Å². The zero-order chi connectivity index (χ0) is 0. The van der Waals surface area contributed by atoms with E-state index in [0.717, 1.165) is 0 Å². The van der Waals surface area contributed by atoms with E-state index in [0.29, 0.717) is 0 Å². The summed E-state index contributed by atoms with van der Waals surface area (Å²) in [4.78, 5) is 0. The maximum Gasteiger partial charge on any atom is 2.00 e. The van der Waals surface area contributed by atoms with E-state index >= 15 is 0 Å². The van der Waals surface area contributed by atoms with Crippen LogP contribution < -0.4 is 0 Å². The monoisotopic (exact) mass is 259 g/mol. The van der Waals surface area contributed by atoms with Crippen molar-refractivity contribution in [2.45, 2.75) is 0 Å². The molecule has 0 bridgehead atoms. The van der Waals surface area contributed by atoms with Crippen LogP contribution in [0, 0.1) is 0 Å². The summed E-state index contributed by atoms with van der Waals surface area (Å²) < 4.78 is 0. The van der Waals surface area contributed by atoms with Gasteiger partial charge in [0.15, 0.2) is 0 Å². The molecule has 3 nitrogen and oxygen atoms in total. The fourth-order valence-corrected chi connectivity index (χ4v) is 0. The van der Waals surface area contributed by atoms with Crippen molar-refractivity contribution in [3.8, 4) is 0 Å². The molecule has 6 N–H and O–H groups in total. The molecule has 0 amide bonds. The minimum Gasteiger partial charge on any atom is -0.412 e. The molecule has 0 aromatic carbocycles. The first kappa shape index (κ1) is 59.7. The van der Waals surface area contributed by atoms with E-state index in [4.69, 9.17) is 0 Å². The van der Waals surface area contributed by atoms with Crippen LogP contribution in [0.15, 0.2) is 0 Å². The Bertz CT molecular complexity index is 10.8. The smallest absolute Gasteiger partial charge is 0.412 e. The van der Waals surface area contributed by atoms with Gasteiger partial charge in [-0.3, -0.25) is 0 Å². The molecule has 0 aliphatic carbocycles. The van der Waals surface area contributed by atoms with Gasteiger partial charge >= 0.3 is 86.6 Å². The van der Waals surface area contributed by atoms with Gasteiger partial charge in [-0.2, -0.15) is 0 Å². The molecule has 0 atom stereocenters. The maximum absolute atomic E-state index is 0. The number of hydrogen-bond donors (Lipinski definition) is 0. The molecule has 0 saturated heterocycles. The Morgan fingerprint density at radius 1 is 0.667 bits per heavy atom. The van der Waals surface area contributed by atoms with E-state index in [1.807, 2.05) is 0 Å². The third-order valence-corrected chi connectivity index (χ3v) is 0. The average molecular weight is 258 g/mol. The second kappa shape index (κ2) is 41.1. The minimum absolute atomic E-state index is 0. The normalized spacial score (nSPS) is 0. The molecule has 0 rings (SSSR count). The first-order valence-corrected chi connectivity index (χ1v) is 0.